The molecule has 14 heavy (non-hydrogen) atoms. The first-order chi connectivity index (χ1) is 6.58. The molecular formula is C8H14N4OS. The molecule has 0 spiro atoms. The average molecular weight is 214 g/mol. The van der Waals surface area contributed by atoms with Gasteiger partial charge in [-0.25, -0.2) is 0 Å². The number of nitrogens with zero attached hydrogens (tertiary/aromatic N) is 4. The van der Waals surface area contributed by atoms with Gasteiger partial charge in [0.1, 0.15) is 5.78 Å². The molecule has 1 rings (SSSR count). The van der Waals surface area contributed by atoms with Gasteiger partial charge in [0.15, 0.2) is 5.82 Å². The molecule has 0 radical (unpaired) electrons. The van der Waals surface area contributed by atoms with Crippen LogP contribution in [0.5, 0.6) is 0 Å². The maximum Gasteiger partial charge on any atom is 0.182 e. The van der Waals surface area contributed by atoms with Crippen LogP contribution < -0.4 is 0 Å². The number of ketones is 1. The van der Waals surface area contributed by atoms with E-state index in [-0.39, 0.29) is 12.2 Å². The van der Waals surface area contributed by atoms with E-state index in [1.54, 1.807) is 18.8 Å². The molecule has 0 amide bonds. The van der Waals surface area contributed by atoms with Gasteiger partial charge in [-0.3, -0.25) is 4.79 Å². The van der Waals surface area contributed by atoms with Crippen molar-refractivity contribution < 1.29 is 4.79 Å². The van der Waals surface area contributed by atoms with Crippen molar-refractivity contribution in [3.63, 3.8) is 0 Å². The zero-order chi connectivity index (χ0) is 10.6. The molecule has 0 saturated carbocycles. The molecule has 0 unspecified atom stereocenters. The minimum absolute atomic E-state index is 0.150. The Hall–Kier alpha value is -0.910. The van der Waals surface area contributed by atoms with Crippen molar-refractivity contribution in [2.45, 2.75) is 25.5 Å². The molecule has 0 aliphatic heterocycles. The molecule has 1 heterocycles. The summed E-state index contributed by atoms with van der Waals surface area (Å²) < 4.78 is 0. The summed E-state index contributed by atoms with van der Waals surface area (Å²) in [6.45, 7) is 4.14. The van der Waals surface area contributed by atoms with Gasteiger partial charge in [0, 0.05) is 0 Å². The highest BCUT2D eigenvalue weighted by Crippen LogP contribution is 2.09. The second-order valence-electron chi connectivity index (χ2n) is 3.27. The number of thioether (sulfide) groups is 1. The Morgan fingerprint density at radius 3 is 2.79 bits per heavy atom. The van der Waals surface area contributed by atoms with Crippen molar-refractivity contribution >= 4 is 17.5 Å². The number of hydrogen-bond donors (Lipinski definition) is 0. The van der Waals surface area contributed by atoms with Crippen LogP contribution in [0.25, 0.3) is 0 Å². The fraction of sp³-hybridized carbons (Fsp3) is 0.750. The van der Waals surface area contributed by atoms with Crippen LogP contribution in [0.4, 0.5) is 0 Å². The maximum atomic E-state index is 11.4. The van der Waals surface area contributed by atoms with Crippen molar-refractivity contribution in [2.24, 2.45) is 7.05 Å². The lowest BCUT2D eigenvalue weighted by atomic mass is 10.3. The summed E-state index contributed by atoms with van der Waals surface area (Å²) in [6.07, 6.45) is 0.285. The maximum absolute atomic E-state index is 11.4. The average Bonchev–Trinajstić information content (AvgIpc) is 2.48. The van der Waals surface area contributed by atoms with Gasteiger partial charge >= 0.3 is 0 Å². The van der Waals surface area contributed by atoms with E-state index < -0.39 is 0 Å². The van der Waals surface area contributed by atoms with Gasteiger partial charge in [0.25, 0.3) is 0 Å². The fourth-order valence-corrected chi connectivity index (χ4v) is 1.50. The highest BCUT2D eigenvalue weighted by atomic mass is 32.2. The molecular weight excluding hydrogens is 200 g/mol. The molecule has 78 valence electrons. The van der Waals surface area contributed by atoms with Crippen LogP contribution in [0.15, 0.2) is 0 Å². The second kappa shape index (κ2) is 5.09. The van der Waals surface area contributed by atoms with E-state index in [1.165, 1.54) is 4.80 Å². The minimum Gasteiger partial charge on any atom is -0.298 e. The van der Waals surface area contributed by atoms with Gasteiger partial charge in [-0.15, -0.1) is 10.2 Å². The summed E-state index contributed by atoms with van der Waals surface area (Å²) in [7, 11) is 1.68. The molecule has 0 bridgehead atoms. The number of aromatic nitrogens is 4. The van der Waals surface area contributed by atoms with E-state index in [4.69, 9.17) is 0 Å². The van der Waals surface area contributed by atoms with Crippen molar-refractivity contribution in [1.29, 1.82) is 0 Å². The molecule has 0 aromatic carbocycles. The van der Waals surface area contributed by atoms with Crippen LogP contribution in [0, 0.1) is 0 Å². The first-order valence-corrected chi connectivity index (χ1v) is 5.49. The summed E-state index contributed by atoms with van der Waals surface area (Å²) in [5.74, 6) is 1.18. The Labute approximate surface area is 87.3 Å². The standard InChI is InChI=1S/C8H14N4OS/c1-6(2)14-5-7(13)4-8-9-11-12(3)10-8/h6H,4-5H2,1-3H3. The monoisotopic (exact) mass is 214 g/mol. The van der Waals surface area contributed by atoms with Crippen LogP contribution in [0.1, 0.15) is 19.7 Å². The van der Waals surface area contributed by atoms with Gasteiger partial charge in [0.2, 0.25) is 0 Å². The molecule has 0 aliphatic rings. The predicted molar refractivity (Wildman–Crippen MR) is 55.1 cm³/mol. The molecule has 0 N–H and O–H groups in total. The summed E-state index contributed by atoms with van der Waals surface area (Å²) in [5, 5.41) is 11.8. The normalized spacial score (nSPS) is 10.9. The quantitative estimate of drug-likeness (QED) is 0.712. The van der Waals surface area contributed by atoms with Gasteiger partial charge in [0.05, 0.1) is 19.2 Å². The SMILES string of the molecule is CC(C)SCC(=O)Cc1nnn(C)n1. The van der Waals surface area contributed by atoms with Crippen molar-refractivity contribution in [1.82, 2.24) is 20.2 Å². The summed E-state index contributed by atoms with van der Waals surface area (Å²) >= 11 is 1.63. The number of carbonyl (C=O) groups is 1. The number of rotatable bonds is 5. The number of tetrazole rings is 1. The third-order valence-corrected chi connectivity index (χ3v) is 2.64. The number of aryl methyl sites for hydroxylation is 1. The van der Waals surface area contributed by atoms with Crippen molar-refractivity contribution in [2.75, 3.05) is 5.75 Å². The Kier molecular flexibility index (Phi) is 4.06. The van der Waals surface area contributed by atoms with Crippen LogP contribution in [-0.2, 0) is 18.3 Å². The number of hydrogen-bond acceptors (Lipinski definition) is 5. The summed E-state index contributed by atoms with van der Waals surface area (Å²) in [5.41, 5.74) is 0. The van der Waals surface area contributed by atoms with Crippen molar-refractivity contribution in [3.8, 4) is 0 Å². The Morgan fingerprint density at radius 1 is 1.57 bits per heavy atom. The third-order valence-electron chi connectivity index (χ3n) is 1.48. The van der Waals surface area contributed by atoms with Gasteiger partial charge in [-0.05, 0) is 10.5 Å². The summed E-state index contributed by atoms with van der Waals surface area (Å²) in [4.78, 5) is 12.7. The first-order valence-electron chi connectivity index (χ1n) is 4.44. The topological polar surface area (TPSA) is 60.7 Å². The van der Waals surface area contributed by atoms with Crippen LogP contribution in [-0.4, -0.2) is 37.0 Å². The zero-order valence-corrected chi connectivity index (χ0v) is 9.41. The molecule has 1 aromatic rings. The number of carbonyl (C=O) groups excluding carboxylic acids is 1. The predicted octanol–water partition coefficient (Wildman–Crippen LogP) is 0.463. The van der Waals surface area contributed by atoms with E-state index in [2.05, 4.69) is 29.3 Å². The second-order valence-corrected chi connectivity index (χ2v) is 4.84. The van der Waals surface area contributed by atoms with E-state index >= 15 is 0 Å². The fourth-order valence-electron chi connectivity index (χ4n) is 0.881. The third kappa shape index (κ3) is 3.87. The van der Waals surface area contributed by atoms with Crippen LogP contribution in [0.3, 0.4) is 0 Å². The number of Topliss-reactive ketones (excluding diaryl/α,β-unsaturated/α-hetero) is 1. The highest BCUT2D eigenvalue weighted by molar-refractivity contribution is 8.00. The Morgan fingerprint density at radius 2 is 2.29 bits per heavy atom. The largest absolute Gasteiger partial charge is 0.298 e. The highest BCUT2D eigenvalue weighted by Gasteiger charge is 2.09. The van der Waals surface area contributed by atoms with E-state index in [0.29, 0.717) is 16.8 Å². The lowest BCUT2D eigenvalue weighted by Gasteiger charge is -2.01. The summed E-state index contributed by atoms with van der Waals surface area (Å²) in [6, 6.07) is 0. The first kappa shape index (κ1) is 11.2. The van der Waals surface area contributed by atoms with Crippen molar-refractivity contribution in [3.05, 3.63) is 5.82 Å². The molecule has 0 saturated heterocycles. The van der Waals surface area contributed by atoms with E-state index in [9.17, 15) is 4.79 Å². The van der Waals surface area contributed by atoms with Gasteiger partial charge in [-0.1, -0.05) is 13.8 Å². The Bertz CT molecular complexity index is 310. The molecule has 0 fully saturated rings. The van der Waals surface area contributed by atoms with Gasteiger partial charge in [-0.2, -0.15) is 16.6 Å². The smallest absolute Gasteiger partial charge is 0.182 e. The van der Waals surface area contributed by atoms with Gasteiger partial charge < -0.3 is 0 Å². The Balaban J connectivity index is 2.34. The molecule has 1 aromatic heterocycles. The van der Waals surface area contributed by atoms with E-state index in [1.807, 2.05) is 0 Å². The molecule has 0 aliphatic carbocycles. The molecule has 5 nitrogen and oxygen atoms in total. The lowest BCUT2D eigenvalue weighted by molar-refractivity contribution is -0.116. The van der Waals surface area contributed by atoms with Crippen LogP contribution in [0.2, 0.25) is 0 Å². The molecule has 0 atom stereocenters. The minimum atomic E-state index is 0.150. The lowest BCUT2D eigenvalue weighted by Crippen LogP contribution is -2.09. The molecule has 6 heteroatoms. The zero-order valence-electron chi connectivity index (χ0n) is 8.60. The van der Waals surface area contributed by atoms with Crippen LogP contribution >= 0.6 is 11.8 Å². The van der Waals surface area contributed by atoms with E-state index in [0.717, 1.165) is 0 Å².